The van der Waals surface area contributed by atoms with E-state index in [2.05, 4.69) is 9.87 Å². The fourth-order valence-electron chi connectivity index (χ4n) is 4.91. The van der Waals surface area contributed by atoms with Crippen LogP contribution in [0.2, 0.25) is 0 Å². The molecule has 0 bridgehead atoms. The number of para-hydroxylation sites is 1. The van der Waals surface area contributed by atoms with Gasteiger partial charge in [-0.1, -0.05) is 48.5 Å². The number of benzene rings is 3. The van der Waals surface area contributed by atoms with Crippen LogP contribution in [0.4, 0.5) is 4.79 Å². The molecule has 0 radical (unpaired) electrons. The molecule has 0 unspecified atom stereocenters. The van der Waals surface area contributed by atoms with Crippen LogP contribution >= 0.6 is 0 Å². The molecule has 1 aliphatic heterocycles. The topological polar surface area (TPSA) is 111 Å². The van der Waals surface area contributed by atoms with Gasteiger partial charge in [0.2, 0.25) is 5.89 Å². The number of hydrogen-bond acceptors (Lipinski definition) is 8. The third kappa shape index (κ3) is 6.50. The molecular formula is C31H30N2O7. The highest BCUT2D eigenvalue weighted by atomic mass is 17.1. The van der Waals surface area contributed by atoms with Crippen LogP contribution < -0.4 is 9.47 Å². The van der Waals surface area contributed by atoms with E-state index in [1.54, 1.807) is 24.3 Å². The molecule has 1 aliphatic rings. The Morgan fingerprint density at radius 2 is 1.70 bits per heavy atom. The molecule has 1 amide bonds. The lowest BCUT2D eigenvalue weighted by molar-refractivity contribution is -0.239. The SMILES string of the molecule is Cc1oc(-c2ccccc2)nc1CCOc1cccc(C[C@H]2CN(C(=O)Oc3ccccc3)C[C@@H]2C(=O)OO)c1. The predicted molar refractivity (Wildman–Crippen MR) is 146 cm³/mol. The molecule has 0 aliphatic carbocycles. The van der Waals surface area contributed by atoms with E-state index in [-0.39, 0.29) is 19.0 Å². The summed E-state index contributed by atoms with van der Waals surface area (Å²) in [7, 11) is 0. The number of oxazole rings is 1. The van der Waals surface area contributed by atoms with Crippen LogP contribution in [0.1, 0.15) is 17.0 Å². The largest absolute Gasteiger partial charge is 0.493 e. The Labute approximate surface area is 231 Å². The molecular weight excluding hydrogens is 512 g/mol. The lowest BCUT2D eigenvalue weighted by atomic mass is 9.90. The number of aromatic nitrogens is 1. The van der Waals surface area contributed by atoms with Gasteiger partial charge in [-0.2, -0.15) is 5.26 Å². The number of hydrogen-bond donors (Lipinski definition) is 1. The number of amides is 1. The van der Waals surface area contributed by atoms with Gasteiger partial charge in [0, 0.05) is 25.1 Å². The summed E-state index contributed by atoms with van der Waals surface area (Å²) in [5, 5.41) is 9.04. The van der Waals surface area contributed by atoms with Crippen LogP contribution in [0.5, 0.6) is 11.5 Å². The predicted octanol–water partition coefficient (Wildman–Crippen LogP) is 5.58. The van der Waals surface area contributed by atoms with Crippen molar-refractivity contribution in [2.75, 3.05) is 19.7 Å². The highest BCUT2D eigenvalue weighted by Crippen LogP contribution is 2.30. The second-order valence-corrected chi connectivity index (χ2v) is 9.70. The monoisotopic (exact) mass is 542 g/mol. The first kappa shape index (κ1) is 27.0. The number of ether oxygens (including phenoxy) is 2. The van der Waals surface area contributed by atoms with Crippen LogP contribution in [-0.2, 0) is 22.5 Å². The smallest absolute Gasteiger partial charge is 0.415 e. The van der Waals surface area contributed by atoms with Crippen LogP contribution in [0.25, 0.3) is 11.5 Å². The van der Waals surface area contributed by atoms with Crippen LogP contribution in [0, 0.1) is 18.8 Å². The molecule has 1 saturated heterocycles. The van der Waals surface area contributed by atoms with Gasteiger partial charge in [-0.25, -0.2) is 14.6 Å². The van der Waals surface area contributed by atoms with Gasteiger partial charge in [0.25, 0.3) is 0 Å². The Kier molecular flexibility index (Phi) is 8.41. The Balaban J connectivity index is 1.19. The Morgan fingerprint density at radius 3 is 2.45 bits per heavy atom. The maximum Gasteiger partial charge on any atom is 0.415 e. The molecule has 1 N–H and O–H groups in total. The molecule has 2 heterocycles. The van der Waals surface area contributed by atoms with Crippen molar-refractivity contribution < 1.29 is 33.6 Å². The molecule has 1 fully saturated rings. The number of carbonyl (C=O) groups is 2. The number of nitrogens with zero attached hydrogens (tertiary/aromatic N) is 2. The summed E-state index contributed by atoms with van der Waals surface area (Å²) in [6.45, 7) is 2.68. The molecule has 1 aromatic heterocycles. The van der Waals surface area contributed by atoms with Gasteiger partial charge < -0.3 is 23.7 Å². The van der Waals surface area contributed by atoms with E-state index in [9.17, 15) is 9.59 Å². The van der Waals surface area contributed by atoms with Gasteiger partial charge in [0.15, 0.2) is 0 Å². The van der Waals surface area contributed by atoms with Crippen molar-refractivity contribution >= 4 is 12.1 Å². The van der Waals surface area contributed by atoms with E-state index >= 15 is 0 Å². The van der Waals surface area contributed by atoms with Crippen molar-refractivity contribution in [2.45, 2.75) is 19.8 Å². The number of aryl methyl sites for hydroxylation is 1. The Hall–Kier alpha value is -4.63. The summed E-state index contributed by atoms with van der Waals surface area (Å²) in [4.78, 5) is 35.2. The van der Waals surface area contributed by atoms with Crippen LogP contribution in [0.3, 0.4) is 0 Å². The number of rotatable bonds is 9. The van der Waals surface area contributed by atoms with Crippen molar-refractivity contribution in [3.63, 3.8) is 0 Å². The Morgan fingerprint density at radius 1 is 0.975 bits per heavy atom. The maximum absolute atomic E-state index is 12.7. The fourth-order valence-corrected chi connectivity index (χ4v) is 4.91. The van der Waals surface area contributed by atoms with Crippen molar-refractivity contribution in [3.8, 4) is 23.0 Å². The molecule has 5 rings (SSSR count). The lowest BCUT2D eigenvalue weighted by Crippen LogP contribution is -2.32. The van der Waals surface area contributed by atoms with Gasteiger partial charge in [0.05, 0.1) is 18.2 Å². The van der Waals surface area contributed by atoms with Crippen molar-refractivity contribution in [2.24, 2.45) is 11.8 Å². The van der Waals surface area contributed by atoms with Gasteiger partial charge in [-0.15, -0.1) is 0 Å². The summed E-state index contributed by atoms with van der Waals surface area (Å²) in [6.07, 6.45) is 0.507. The van der Waals surface area contributed by atoms with Crippen LogP contribution in [0.15, 0.2) is 89.3 Å². The second kappa shape index (κ2) is 12.5. The molecule has 9 heteroatoms. The van der Waals surface area contributed by atoms with Gasteiger partial charge in [-0.3, -0.25) is 0 Å². The van der Waals surface area contributed by atoms with Crippen LogP contribution in [-0.4, -0.2) is 46.9 Å². The first-order chi connectivity index (χ1) is 19.5. The summed E-state index contributed by atoms with van der Waals surface area (Å²) in [6, 6.07) is 26.1. The zero-order valence-corrected chi connectivity index (χ0v) is 22.1. The molecule has 9 nitrogen and oxygen atoms in total. The minimum Gasteiger partial charge on any atom is -0.493 e. The standard InChI is InChI=1S/C31H30N2O7/c1-21-28(32-29(38-21)23-10-4-2-5-11-23)15-16-37-26-14-8-9-22(18-26)17-24-19-33(20-27(24)30(34)40-36)31(35)39-25-12-6-3-7-13-25/h2-14,18,24,27,36H,15-17,19-20H2,1H3/t24-,27-/m0/s1. The van der Waals surface area contributed by atoms with Gasteiger partial charge in [-0.05, 0) is 61.2 Å². The summed E-state index contributed by atoms with van der Waals surface area (Å²) >= 11 is 0. The first-order valence-corrected chi connectivity index (χ1v) is 13.1. The molecule has 40 heavy (non-hydrogen) atoms. The lowest BCUT2D eigenvalue weighted by Gasteiger charge is -2.16. The average Bonchev–Trinajstić information content (AvgIpc) is 3.57. The minimum absolute atomic E-state index is 0.0912. The summed E-state index contributed by atoms with van der Waals surface area (Å²) < 4.78 is 17.3. The Bertz CT molecular complexity index is 1440. The molecule has 3 aromatic carbocycles. The summed E-state index contributed by atoms with van der Waals surface area (Å²) in [5.41, 5.74) is 2.70. The average molecular weight is 543 g/mol. The maximum atomic E-state index is 12.7. The molecule has 206 valence electrons. The van der Waals surface area contributed by atoms with E-state index in [1.165, 1.54) is 4.90 Å². The van der Waals surface area contributed by atoms with E-state index in [4.69, 9.17) is 19.1 Å². The number of carbonyl (C=O) groups excluding carboxylic acids is 2. The number of likely N-dealkylation sites (tertiary alicyclic amines) is 1. The van der Waals surface area contributed by atoms with E-state index in [0.29, 0.717) is 36.8 Å². The molecule has 2 atom stereocenters. The van der Waals surface area contributed by atoms with Gasteiger partial charge in [0.1, 0.15) is 17.3 Å². The zero-order chi connectivity index (χ0) is 27.9. The molecule has 4 aromatic rings. The normalized spacial score (nSPS) is 16.5. The summed E-state index contributed by atoms with van der Waals surface area (Å²) in [5.74, 6) is 0.712. The van der Waals surface area contributed by atoms with Gasteiger partial charge >= 0.3 is 12.1 Å². The first-order valence-electron chi connectivity index (χ1n) is 13.1. The zero-order valence-electron chi connectivity index (χ0n) is 22.1. The quantitative estimate of drug-likeness (QED) is 0.216. The third-order valence-corrected chi connectivity index (χ3v) is 6.96. The van der Waals surface area contributed by atoms with Crippen molar-refractivity contribution in [3.05, 3.63) is 102 Å². The highest BCUT2D eigenvalue weighted by molar-refractivity contribution is 5.76. The van der Waals surface area contributed by atoms with E-state index in [1.807, 2.05) is 67.6 Å². The second-order valence-electron chi connectivity index (χ2n) is 9.70. The third-order valence-electron chi connectivity index (χ3n) is 6.96. The van der Waals surface area contributed by atoms with E-state index < -0.39 is 18.0 Å². The molecule has 0 saturated carbocycles. The van der Waals surface area contributed by atoms with Crippen molar-refractivity contribution in [1.29, 1.82) is 0 Å². The fraction of sp³-hybridized carbons (Fsp3) is 0.258. The minimum atomic E-state index is -0.773. The van der Waals surface area contributed by atoms with E-state index in [0.717, 1.165) is 22.6 Å². The highest BCUT2D eigenvalue weighted by Gasteiger charge is 2.41. The molecule has 0 spiro atoms. The van der Waals surface area contributed by atoms with Crippen molar-refractivity contribution in [1.82, 2.24) is 9.88 Å².